The quantitative estimate of drug-likeness (QED) is 0.686. The Labute approximate surface area is 82.6 Å². The minimum atomic E-state index is -2.02. The lowest BCUT2D eigenvalue weighted by atomic mass is 10.0. The van der Waals surface area contributed by atoms with Gasteiger partial charge in [0.1, 0.15) is 0 Å². The minimum absolute atomic E-state index is 0.398. The predicted octanol–water partition coefficient (Wildman–Crippen LogP) is 3.22. The van der Waals surface area contributed by atoms with Crippen LogP contribution in [-0.4, -0.2) is 6.04 Å². The molecule has 0 saturated heterocycles. The first-order valence-electron chi connectivity index (χ1n) is 4.69. The Morgan fingerprint density at radius 2 is 1.86 bits per heavy atom. The molecule has 1 aliphatic heterocycles. The second kappa shape index (κ2) is 2.87. The van der Waals surface area contributed by atoms with Gasteiger partial charge >= 0.3 is 6.04 Å². The summed E-state index contributed by atoms with van der Waals surface area (Å²) < 4.78 is 23.2. The van der Waals surface area contributed by atoms with Crippen molar-refractivity contribution in [3.05, 3.63) is 23.8 Å². The molecule has 0 saturated carbocycles. The van der Waals surface area contributed by atoms with Crippen LogP contribution >= 0.6 is 0 Å². The van der Waals surface area contributed by atoms with Crippen molar-refractivity contribution in [1.82, 2.24) is 0 Å². The molecular weight excluding hydrogens is 183 g/mol. The molecule has 3 heteroatoms. The van der Waals surface area contributed by atoms with Gasteiger partial charge in [0.15, 0.2) is 11.5 Å². The predicted molar refractivity (Wildman–Crippen MR) is 51.3 cm³/mol. The first kappa shape index (κ1) is 9.31. The number of halogens is 1. The van der Waals surface area contributed by atoms with Gasteiger partial charge in [0.05, 0.1) is 0 Å². The first-order chi connectivity index (χ1) is 6.48. The number of alkyl halides is 1. The highest BCUT2D eigenvalue weighted by Crippen LogP contribution is 2.41. The molecule has 0 aromatic heterocycles. The van der Waals surface area contributed by atoms with Gasteiger partial charge in [-0.2, -0.15) is 4.39 Å². The van der Waals surface area contributed by atoms with Crippen LogP contribution in [0.15, 0.2) is 18.2 Å². The van der Waals surface area contributed by atoms with Crippen molar-refractivity contribution in [2.45, 2.75) is 32.7 Å². The van der Waals surface area contributed by atoms with Gasteiger partial charge in [0.2, 0.25) is 0 Å². The van der Waals surface area contributed by atoms with Crippen molar-refractivity contribution in [2.75, 3.05) is 0 Å². The van der Waals surface area contributed by atoms with E-state index in [0.717, 1.165) is 5.56 Å². The third-order valence-corrected chi connectivity index (χ3v) is 2.22. The lowest BCUT2D eigenvalue weighted by Crippen LogP contribution is -2.27. The first-order valence-corrected chi connectivity index (χ1v) is 4.69. The molecule has 1 aromatic rings. The number of hydrogen-bond donors (Lipinski definition) is 0. The van der Waals surface area contributed by atoms with Crippen molar-refractivity contribution in [2.24, 2.45) is 0 Å². The third kappa shape index (κ3) is 1.54. The molecule has 1 aromatic carbocycles. The van der Waals surface area contributed by atoms with E-state index in [0.29, 0.717) is 17.4 Å². The Kier molecular flexibility index (Phi) is 1.91. The topological polar surface area (TPSA) is 18.5 Å². The average molecular weight is 196 g/mol. The molecule has 2 nitrogen and oxygen atoms in total. The zero-order valence-electron chi connectivity index (χ0n) is 8.50. The highest BCUT2D eigenvalue weighted by molar-refractivity contribution is 5.46. The van der Waals surface area contributed by atoms with Crippen LogP contribution in [0.2, 0.25) is 0 Å². The molecule has 0 amide bonds. The SMILES string of the molecule is CC(C)c1ccc2c(c1)OC(C)(F)O2. The Balaban J connectivity index is 2.36. The summed E-state index contributed by atoms with van der Waals surface area (Å²) >= 11 is 0. The van der Waals surface area contributed by atoms with Crippen molar-refractivity contribution < 1.29 is 13.9 Å². The van der Waals surface area contributed by atoms with E-state index in [1.165, 1.54) is 6.92 Å². The minimum Gasteiger partial charge on any atom is -0.423 e. The van der Waals surface area contributed by atoms with Gasteiger partial charge < -0.3 is 9.47 Å². The van der Waals surface area contributed by atoms with Crippen LogP contribution in [0.3, 0.4) is 0 Å². The van der Waals surface area contributed by atoms with E-state index >= 15 is 0 Å². The number of hydrogen-bond acceptors (Lipinski definition) is 2. The van der Waals surface area contributed by atoms with E-state index in [1.54, 1.807) is 6.07 Å². The molecule has 0 spiro atoms. The summed E-state index contributed by atoms with van der Waals surface area (Å²) in [5.41, 5.74) is 1.12. The Hall–Kier alpha value is -1.25. The molecule has 14 heavy (non-hydrogen) atoms. The molecule has 1 atom stereocenters. The third-order valence-electron chi connectivity index (χ3n) is 2.22. The Bertz CT molecular complexity index is 358. The van der Waals surface area contributed by atoms with Crippen LogP contribution in [0.25, 0.3) is 0 Å². The summed E-state index contributed by atoms with van der Waals surface area (Å²) in [5, 5.41) is 0. The van der Waals surface area contributed by atoms with Gasteiger partial charge in [-0.25, -0.2) is 0 Å². The van der Waals surface area contributed by atoms with Crippen LogP contribution in [0.5, 0.6) is 11.5 Å². The molecule has 1 heterocycles. The van der Waals surface area contributed by atoms with Gasteiger partial charge in [0, 0.05) is 6.92 Å². The molecule has 76 valence electrons. The monoisotopic (exact) mass is 196 g/mol. The maximum atomic E-state index is 13.3. The summed E-state index contributed by atoms with van der Waals surface area (Å²) in [5.74, 6) is 1.36. The van der Waals surface area contributed by atoms with Gasteiger partial charge in [0.25, 0.3) is 0 Å². The van der Waals surface area contributed by atoms with Crippen LogP contribution in [0.4, 0.5) is 4.39 Å². The van der Waals surface area contributed by atoms with Crippen molar-refractivity contribution in [3.8, 4) is 11.5 Å². The normalized spacial score (nSPS) is 24.4. The van der Waals surface area contributed by atoms with E-state index in [2.05, 4.69) is 13.8 Å². The highest BCUT2D eigenvalue weighted by Gasteiger charge is 2.36. The van der Waals surface area contributed by atoms with E-state index in [4.69, 9.17) is 9.47 Å². The van der Waals surface area contributed by atoms with E-state index < -0.39 is 6.04 Å². The van der Waals surface area contributed by atoms with Crippen molar-refractivity contribution in [1.29, 1.82) is 0 Å². The van der Waals surface area contributed by atoms with E-state index in [1.807, 2.05) is 12.1 Å². The summed E-state index contributed by atoms with van der Waals surface area (Å²) in [7, 11) is 0. The van der Waals surface area contributed by atoms with Gasteiger partial charge in [-0.05, 0) is 23.6 Å². The standard InChI is InChI=1S/C11H13FO2/c1-7(2)8-4-5-9-10(6-8)14-11(3,12)13-9/h4-7H,1-3H3. The fourth-order valence-corrected chi connectivity index (χ4v) is 1.46. The van der Waals surface area contributed by atoms with Crippen LogP contribution in [0.1, 0.15) is 32.3 Å². The van der Waals surface area contributed by atoms with Crippen molar-refractivity contribution in [3.63, 3.8) is 0 Å². The maximum Gasteiger partial charge on any atom is 0.404 e. The van der Waals surface area contributed by atoms with E-state index in [-0.39, 0.29) is 0 Å². The van der Waals surface area contributed by atoms with Crippen molar-refractivity contribution >= 4 is 0 Å². The second-order valence-electron chi connectivity index (χ2n) is 3.90. The van der Waals surface area contributed by atoms with E-state index in [9.17, 15) is 4.39 Å². The molecule has 1 unspecified atom stereocenters. The van der Waals surface area contributed by atoms with Gasteiger partial charge in [-0.15, -0.1) is 0 Å². The molecule has 0 radical (unpaired) electrons. The zero-order chi connectivity index (χ0) is 10.3. The molecule has 1 aliphatic rings. The van der Waals surface area contributed by atoms with Gasteiger partial charge in [-0.1, -0.05) is 19.9 Å². The van der Waals surface area contributed by atoms with Crippen LogP contribution < -0.4 is 9.47 Å². The number of ether oxygens (including phenoxy) is 2. The molecule has 0 fully saturated rings. The zero-order valence-corrected chi connectivity index (χ0v) is 8.50. The number of benzene rings is 1. The number of rotatable bonds is 1. The fourth-order valence-electron chi connectivity index (χ4n) is 1.46. The summed E-state index contributed by atoms with van der Waals surface area (Å²) in [4.78, 5) is 0. The van der Waals surface area contributed by atoms with Crippen LogP contribution in [-0.2, 0) is 0 Å². The smallest absolute Gasteiger partial charge is 0.404 e. The molecule has 0 bridgehead atoms. The largest absolute Gasteiger partial charge is 0.423 e. The summed E-state index contributed by atoms with van der Waals surface area (Å²) in [6, 6.07) is 3.48. The van der Waals surface area contributed by atoms with Gasteiger partial charge in [-0.3, -0.25) is 0 Å². The summed E-state index contributed by atoms with van der Waals surface area (Å²) in [6.07, 6.45) is 0. The molecule has 0 N–H and O–H groups in total. The fraction of sp³-hybridized carbons (Fsp3) is 0.455. The lowest BCUT2D eigenvalue weighted by Gasteiger charge is -2.10. The summed E-state index contributed by atoms with van der Waals surface area (Å²) in [6.45, 7) is 5.40. The molecular formula is C11H13FO2. The second-order valence-corrected chi connectivity index (χ2v) is 3.90. The molecule has 0 aliphatic carbocycles. The maximum absolute atomic E-state index is 13.3. The highest BCUT2D eigenvalue weighted by atomic mass is 19.2. The average Bonchev–Trinajstić information content (AvgIpc) is 2.36. The van der Waals surface area contributed by atoms with Crippen LogP contribution in [0, 0.1) is 0 Å². The Morgan fingerprint density at radius 3 is 2.50 bits per heavy atom. The lowest BCUT2D eigenvalue weighted by molar-refractivity contribution is -0.173. The Morgan fingerprint density at radius 1 is 1.21 bits per heavy atom. The molecule has 2 rings (SSSR count). The number of fused-ring (bicyclic) bond motifs is 1.